The molecule has 8 nitrogen and oxygen atoms in total. The molecule has 3 aromatic rings. The Bertz CT molecular complexity index is 1280. The van der Waals surface area contributed by atoms with E-state index in [1.54, 1.807) is 30.3 Å². The van der Waals surface area contributed by atoms with Crippen LogP contribution in [0.4, 0.5) is 10.5 Å². The molecule has 1 fully saturated rings. The van der Waals surface area contributed by atoms with E-state index in [0.717, 1.165) is 21.9 Å². The van der Waals surface area contributed by atoms with Crippen molar-refractivity contribution in [1.29, 1.82) is 0 Å². The monoisotopic (exact) mass is 458 g/mol. The van der Waals surface area contributed by atoms with Gasteiger partial charge in [-0.15, -0.1) is 0 Å². The van der Waals surface area contributed by atoms with Crippen LogP contribution in [0.1, 0.15) is 22.5 Å². The zero-order valence-electron chi connectivity index (χ0n) is 19.3. The van der Waals surface area contributed by atoms with Crippen LogP contribution in [0.2, 0.25) is 0 Å². The van der Waals surface area contributed by atoms with Gasteiger partial charge in [0.15, 0.2) is 0 Å². The first kappa shape index (κ1) is 22.8. The van der Waals surface area contributed by atoms with Crippen LogP contribution >= 0.6 is 0 Å². The van der Waals surface area contributed by atoms with E-state index in [1.807, 2.05) is 38.1 Å². The summed E-state index contributed by atoms with van der Waals surface area (Å²) < 4.78 is 7.37. The third-order valence-corrected chi connectivity index (χ3v) is 5.74. The summed E-state index contributed by atoms with van der Waals surface area (Å²) in [6.45, 7) is 4.27. The van der Waals surface area contributed by atoms with Gasteiger partial charge in [-0.25, -0.2) is 9.69 Å². The number of aromatic nitrogens is 1. The molecule has 0 bridgehead atoms. The predicted octanol–water partition coefficient (Wildman–Crippen LogP) is 3.69. The molecule has 2 heterocycles. The van der Waals surface area contributed by atoms with Gasteiger partial charge < -0.3 is 19.9 Å². The normalized spacial score (nSPS) is 14.4. The van der Waals surface area contributed by atoms with Crippen LogP contribution in [0.5, 0.6) is 5.75 Å². The molecule has 8 heteroatoms. The molecule has 0 aliphatic carbocycles. The third kappa shape index (κ3) is 4.71. The second-order valence-corrected chi connectivity index (χ2v) is 8.03. The number of anilines is 1. The van der Waals surface area contributed by atoms with Gasteiger partial charge in [0.05, 0.1) is 12.8 Å². The Hall–Kier alpha value is -4.33. The minimum absolute atomic E-state index is 0.134. The molecule has 174 valence electrons. The van der Waals surface area contributed by atoms with Gasteiger partial charge in [-0.05, 0) is 49.2 Å². The molecule has 0 unspecified atom stereocenters. The summed E-state index contributed by atoms with van der Waals surface area (Å²) in [5.41, 5.74) is 4.61. The van der Waals surface area contributed by atoms with Crippen LogP contribution < -0.4 is 15.4 Å². The fourth-order valence-corrected chi connectivity index (χ4v) is 3.94. The number of aryl methyl sites for hydroxylation is 1. The highest BCUT2D eigenvalue weighted by Crippen LogP contribution is 2.24. The molecule has 1 saturated heterocycles. The number of para-hydroxylation sites is 2. The summed E-state index contributed by atoms with van der Waals surface area (Å²) in [6.07, 6.45) is 1.65. The van der Waals surface area contributed by atoms with Gasteiger partial charge in [0, 0.05) is 17.9 Å². The summed E-state index contributed by atoms with van der Waals surface area (Å²) in [6, 6.07) is 18.3. The number of rotatable bonds is 7. The van der Waals surface area contributed by atoms with Gasteiger partial charge >= 0.3 is 6.03 Å². The molecular formula is C26H26N4O4. The minimum Gasteiger partial charge on any atom is -0.495 e. The number of benzene rings is 2. The molecule has 1 aliphatic rings. The Morgan fingerprint density at radius 2 is 1.76 bits per heavy atom. The fourth-order valence-electron chi connectivity index (χ4n) is 3.94. The summed E-state index contributed by atoms with van der Waals surface area (Å²) in [5.74, 6) is -0.567. The molecule has 1 aromatic heterocycles. The van der Waals surface area contributed by atoms with Crippen molar-refractivity contribution in [2.24, 2.45) is 0 Å². The van der Waals surface area contributed by atoms with Crippen molar-refractivity contribution in [3.63, 3.8) is 0 Å². The molecule has 2 N–H and O–H groups in total. The van der Waals surface area contributed by atoms with Crippen LogP contribution in [-0.4, -0.2) is 41.0 Å². The van der Waals surface area contributed by atoms with E-state index in [1.165, 1.54) is 12.7 Å². The number of ether oxygens (including phenoxy) is 1. The summed E-state index contributed by atoms with van der Waals surface area (Å²) in [4.78, 5) is 38.7. The number of imide groups is 1. The number of hydrogen-bond acceptors (Lipinski definition) is 4. The number of hydrogen-bond donors (Lipinski definition) is 2. The third-order valence-electron chi connectivity index (χ3n) is 5.74. The fraction of sp³-hybridized carbons (Fsp3) is 0.192. The average Bonchev–Trinajstić information content (AvgIpc) is 3.24. The van der Waals surface area contributed by atoms with Crippen molar-refractivity contribution in [2.45, 2.75) is 20.4 Å². The van der Waals surface area contributed by atoms with Gasteiger partial charge in [0.25, 0.3) is 5.91 Å². The Labute approximate surface area is 197 Å². The number of nitrogens with one attached hydrogen (secondary N) is 2. The van der Waals surface area contributed by atoms with E-state index in [0.29, 0.717) is 18.0 Å². The zero-order chi connectivity index (χ0) is 24.2. The smallest absolute Gasteiger partial charge is 0.329 e. The van der Waals surface area contributed by atoms with Crippen LogP contribution in [0.15, 0.2) is 66.4 Å². The Balaban J connectivity index is 1.49. The SMILES string of the molecule is COc1ccccc1NC(=O)CN1C(=O)N/C(=C/c2cc(C)n(Cc3ccccc3)c2C)C1=O. The van der Waals surface area contributed by atoms with Gasteiger partial charge in [-0.1, -0.05) is 42.5 Å². The Kier molecular flexibility index (Phi) is 6.49. The van der Waals surface area contributed by atoms with E-state index >= 15 is 0 Å². The highest BCUT2D eigenvalue weighted by molar-refractivity contribution is 6.16. The molecule has 0 atom stereocenters. The van der Waals surface area contributed by atoms with Crippen molar-refractivity contribution < 1.29 is 19.1 Å². The predicted molar refractivity (Wildman–Crippen MR) is 129 cm³/mol. The van der Waals surface area contributed by atoms with Gasteiger partial charge in [0.2, 0.25) is 5.91 Å². The first-order valence-electron chi connectivity index (χ1n) is 10.9. The number of nitrogens with zero attached hydrogens (tertiary/aromatic N) is 2. The van der Waals surface area contributed by atoms with E-state index in [2.05, 4.69) is 27.3 Å². The van der Waals surface area contributed by atoms with Crippen LogP contribution in [0.3, 0.4) is 0 Å². The van der Waals surface area contributed by atoms with Crippen molar-refractivity contribution in [1.82, 2.24) is 14.8 Å². The maximum absolute atomic E-state index is 12.9. The first-order chi connectivity index (χ1) is 16.4. The molecule has 1 aliphatic heterocycles. The van der Waals surface area contributed by atoms with Crippen LogP contribution in [0, 0.1) is 13.8 Å². The largest absolute Gasteiger partial charge is 0.495 e. The minimum atomic E-state index is -0.635. The van der Waals surface area contributed by atoms with E-state index < -0.39 is 24.4 Å². The van der Waals surface area contributed by atoms with Crippen molar-refractivity contribution in [3.8, 4) is 5.75 Å². The number of carbonyl (C=O) groups is 3. The standard InChI is InChI=1S/C26H26N4O4/c1-17-13-20(18(2)29(17)15-19-9-5-4-6-10-19)14-22-25(32)30(26(33)28-22)16-24(31)27-21-11-7-8-12-23(21)34-3/h4-14H,15-16H2,1-3H3,(H,27,31)(H,28,33)/b22-14+. The lowest BCUT2D eigenvalue weighted by Crippen LogP contribution is -2.38. The highest BCUT2D eigenvalue weighted by atomic mass is 16.5. The Morgan fingerprint density at radius 3 is 2.50 bits per heavy atom. The first-order valence-corrected chi connectivity index (χ1v) is 10.9. The second-order valence-electron chi connectivity index (χ2n) is 8.03. The number of urea groups is 1. The topological polar surface area (TPSA) is 92.7 Å². The van der Waals surface area contributed by atoms with Crippen LogP contribution in [0.25, 0.3) is 6.08 Å². The van der Waals surface area contributed by atoms with Gasteiger partial charge in [0.1, 0.15) is 18.0 Å². The molecule has 0 saturated carbocycles. The van der Waals surface area contributed by atoms with Crippen molar-refractivity contribution in [2.75, 3.05) is 19.0 Å². The number of methoxy groups -OCH3 is 1. The molecule has 4 amide bonds. The van der Waals surface area contributed by atoms with Gasteiger partial charge in [-0.2, -0.15) is 0 Å². The van der Waals surface area contributed by atoms with E-state index in [4.69, 9.17) is 4.74 Å². The lowest BCUT2D eigenvalue weighted by molar-refractivity contribution is -0.127. The number of carbonyl (C=O) groups excluding carboxylic acids is 3. The van der Waals surface area contributed by atoms with E-state index in [-0.39, 0.29) is 5.70 Å². The molecule has 34 heavy (non-hydrogen) atoms. The maximum atomic E-state index is 12.9. The highest BCUT2D eigenvalue weighted by Gasteiger charge is 2.35. The lowest BCUT2D eigenvalue weighted by atomic mass is 10.2. The zero-order valence-corrected chi connectivity index (χ0v) is 19.3. The van der Waals surface area contributed by atoms with Crippen molar-refractivity contribution in [3.05, 3.63) is 88.9 Å². The van der Waals surface area contributed by atoms with Crippen LogP contribution in [-0.2, 0) is 16.1 Å². The molecular weight excluding hydrogens is 432 g/mol. The summed E-state index contributed by atoms with van der Waals surface area (Å²) >= 11 is 0. The molecule has 2 aromatic carbocycles. The maximum Gasteiger partial charge on any atom is 0.329 e. The lowest BCUT2D eigenvalue weighted by Gasteiger charge is -2.13. The van der Waals surface area contributed by atoms with Gasteiger partial charge in [-0.3, -0.25) is 9.59 Å². The van der Waals surface area contributed by atoms with E-state index in [9.17, 15) is 14.4 Å². The quantitative estimate of drug-likeness (QED) is 0.417. The molecule has 4 rings (SSSR count). The second kappa shape index (κ2) is 9.66. The Morgan fingerprint density at radius 1 is 1.06 bits per heavy atom. The molecule has 0 radical (unpaired) electrons. The summed E-state index contributed by atoms with van der Waals surface area (Å²) in [5, 5.41) is 5.26. The number of amides is 4. The molecule has 0 spiro atoms. The average molecular weight is 459 g/mol. The van der Waals surface area contributed by atoms with Crippen molar-refractivity contribution >= 4 is 29.6 Å². The summed E-state index contributed by atoms with van der Waals surface area (Å²) in [7, 11) is 1.50.